The van der Waals surface area contributed by atoms with Crippen LogP contribution in [0.4, 0.5) is 0 Å². The Balaban J connectivity index is 1.96. The summed E-state index contributed by atoms with van der Waals surface area (Å²) in [7, 11) is 0. The van der Waals surface area contributed by atoms with Crippen molar-refractivity contribution in [2.75, 3.05) is 13.2 Å². The maximum atomic E-state index is 5.37. The van der Waals surface area contributed by atoms with Crippen LogP contribution in [-0.4, -0.2) is 19.2 Å². The summed E-state index contributed by atoms with van der Waals surface area (Å²) in [6, 6.07) is 4.30. The van der Waals surface area contributed by atoms with Gasteiger partial charge in [-0.15, -0.1) is 0 Å². The molecular weight excluding hydrogens is 166 g/mol. The van der Waals surface area contributed by atoms with Gasteiger partial charge in [0.15, 0.2) is 0 Å². The molecule has 13 heavy (non-hydrogen) atoms. The van der Waals surface area contributed by atoms with Gasteiger partial charge in [0.05, 0.1) is 12.9 Å². The lowest BCUT2D eigenvalue weighted by Crippen LogP contribution is -2.26. The van der Waals surface area contributed by atoms with Gasteiger partial charge in [-0.1, -0.05) is 13.8 Å². The molecule has 0 aliphatic rings. The molecule has 0 amide bonds. The molecule has 0 radical (unpaired) electrons. The molecule has 74 valence electrons. The van der Waals surface area contributed by atoms with Crippen molar-refractivity contribution in [3.8, 4) is 0 Å². The lowest BCUT2D eigenvalue weighted by atomic mass is 10.4. The molecule has 1 aromatic heterocycles. The van der Waals surface area contributed by atoms with Crippen LogP contribution in [0.5, 0.6) is 0 Å². The number of rotatable bonds is 6. The molecule has 1 rings (SSSR count). The third-order valence-electron chi connectivity index (χ3n) is 1.62. The van der Waals surface area contributed by atoms with Crippen LogP contribution in [0, 0.1) is 0 Å². The fraction of sp³-hybridized carbons (Fsp3) is 0.600. The first-order valence-corrected chi connectivity index (χ1v) is 4.62. The lowest BCUT2D eigenvalue weighted by Gasteiger charge is -2.07. The minimum atomic E-state index is 0.521. The first kappa shape index (κ1) is 10.3. The number of hydrogen-bond acceptors (Lipinski definition) is 3. The smallest absolute Gasteiger partial charge is 0.129 e. The van der Waals surface area contributed by atoms with Crippen LogP contribution in [0.1, 0.15) is 19.6 Å². The molecule has 3 heteroatoms. The van der Waals surface area contributed by atoms with E-state index in [4.69, 9.17) is 9.15 Å². The van der Waals surface area contributed by atoms with E-state index in [1.54, 1.807) is 6.26 Å². The molecule has 0 spiro atoms. The molecule has 0 aliphatic heterocycles. The van der Waals surface area contributed by atoms with E-state index in [0.717, 1.165) is 18.9 Å². The molecule has 0 saturated heterocycles. The standard InChI is InChI=1S/C10H17NO2/c1-9(2)11-5-7-12-8-10-4-3-6-13-10/h3-4,6,9,11H,5,7-8H2,1-2H3. The Bertz CT molecular complexity index is 207. The summed E-state index contributed by atoms with van der Waals surface area (Å²) in [6.07, 6.45) is 1.66. The Morgan fingerprint density at radius 1 is 1.54 bits per heavy atom. The van der Waals surface area contributed by atoms with E-state index in [1.807, 2.05) is 12.1 Å². The van der Waals surface area contributed by atoms with Crippen molar-refractivity contribution in [3.05, 3.63) is 24.2 Å². The van der Waals surface area contributed by atoms with Crippen molar-refractivity contribution in [3.63, 3.8) is 0 Å². The quantitative estimate of drug-likeness (QED) is 0.683. The van der Waals surface area contributed by atoms with Crippen LogP contribution in [-0.2, 0) is 11.3 Å². The number of ether oxygens (including phenoxy) is 1. The van der Waals surface area contributed by atoms with Gasteiger partial charge in [0.2, 0.25) is 0 Å². The fourth-order valence-electron chi connectivity index (χ4n) is 0.987. The zero-order chi connectivity index (χ0) is 9.52. The van der Waals surface area contributed by atoms with Gasteiger partial charge in [-0.25, -0.2) is 0 Å². The molecule has 0 fully saturated rings. The average molecular weight is 183 g/mol. The molecule has 0 aliphatic carbocycles. The Hall–Kier alpha value is -0.800. The minimum absolute atomic E-state index is 0.521. The second kappa shape index (κ2) is 5.78. The molecule has 1 heterocycles. The van der Waals surface area contributed by atoms with Crippen LogP contribution in [0.2, 0.25) is 0 Å². The summed E-state index contributed by atoms with van der Waals surface area (Å²) in [6.45, 7) is 6.41. The summed E-state index contributed by atoms with van der Waals surface area (Å²) in [5, 5.41) is 3.27. The Kier molecular flexibility index (Phi) is 4.57. The highest BCUT2D eigenvalue weighted by atomic mass is 16.5. The maximum Gasteiger partial charge on any atom is 0.129 e. The van der Waals surface area contributed by atoms with Crippen LogP contribution >= 0.6 is 0 Å². The average Bonchev–Trinajstić information content (AvgIpc) is 2.55. The summed E-state index contributed by atoms with van der Waals surface area (Å²) < 4.78 is 10.5. The first-order chi connectivity index (χ1) is 6.29. The van der Waals surface area contributed by atoms with Gasteiger partial charge in [0.25, 0.3) is 0 Å². The number of furan rings is 1. The van der Waals surface area contributed by atoms with Crippen LogP contribution in [0.25, 0.3) is 0 Å². The van der Waals surface area contributed by atoms with E-state index >= 15 is 0 Å². The van der Waals surface area contributed by atoms with E-state index in [2.05, 4.69) is 19.2 Å². The predicted molar refractivity (Wildman–Crippen MR) is 51.5 cm³/mol. The Morgan fingerprint density at radius 2 is 2.38 bits per heavy atom. The topological polar surface area (TPSA) is 34.4 Å². The second-order valence-electron chi connectivity index (χ2n) is 3.24. The van der Waals surface area contributed by atoms with Gasteiger partial charge in [0.1, 0.15) is 12.4 Å². The first-order valence-electron chi connectivity index (χ1n) is 4.62. The van der Waals surface area contributed by atoms with Crippen molar-refractivity contribution < 1.29 is 9.15 Å². The summed E-state index contributed by atoms with van der Waals surface area (Å²) in [5.41, 5.74) is 0. The predicted octanol–water partition coefficient (Wildman–Crippen LogP) is 1.79. The zero-order valence-corrected chi connectivity index (χ0v) is 8.25. The van der Waals surface area contributed by atoms with Gasteiger partial charge in [0, 0.05) is 12.6 Å². The van der Waals surface area contributed by atoms with Crippen LogP contribution in [0.15, 0.2) is 22.8 Å². The number of hydrogen-bond donors (Lipinski definition) is 1. The third kappa shape index (κ3) is 4.70. The lowest BCUT2D eigenvalue weighted by molar-refractivity contribution is 0.107. The van der Waals surface area contributed by atoms with Crippen molar-refractivity contribution in [1.82, 2.24) is 5.32 Å². The summed E-state index contributed by atoms with van der Waals surface area (Å²) in [5.74, 6) is 0.879. The molecule has 1 aromatic rings. The Morgan fingerprint density at radius 3 is 3.00 bits per heavy atom. The van der Waals surface area contributed by atoms with Crippen LogP contribution < -0.4 is 5.32 Å². The van der Waals surface area contributed by atoms with Gasteiger partial charge >= 0.3 is 0 Å². The van der Waals surface area contributed by atoms with Crippen molar-refractivity contribution in [2.24, 2.45) is 0 Å². The highest BCUT2D eigenvalue weighted by Gasteiger charge is 1.95. The second-order valence-corrected chi connectivity index (χ2v) is 3.24. The molecular formula is C10H17NO2. The molecule has 0 atom stereocenters. The van der Waals surface area contributed by atoms with E-state index in [1.165, 1.54) is 0 Å². The zero-order valence-electron chi connectivity index (χ0n) is 8.25. The number of nitrogens with one attached hydrogen (secondary N) is 1. The van der Waals surface area contributed by atoms with E-state index < -0.39 is 0 Å². The van der Waals surface area contributed by atoms with Gasteiger partial charge in [-0.3, -0.25) is 0 Å². The summed E-state index contributed by atoms with van der Waals surface area (Å²) >= 11 is 0. The summed E-state index contributed by atoms with van der Waals surface area (Å²) in [4.78, 5) is 0. The SMILES string of the molecule is CC(C)NCCOCc1ccco1. The molecule has 0 bridgehead atoms. The Labute approximate surface area is 79.1 Å². The monoisotopic (exact) mass is 183 g/mol. The van der Waals surface area contributed by atoms with Crippen LogP contribution in [0.3, 0.4) is 0 Å². The third-order valence-corrected chi connectivity index (χ3v) is 1.62. The van der Waals surface area contributed by atoms with Gasteiger partial charge < -0.3 is 14.5 Å². The minimum Gasteiger partial charge on any atom is -0.467 e. The maximum absolute atomic E-state index is 5.37. The largest absolute Gasteiger partial charge is 0.467 e. The highest BCUT2D eigenvalue weighted by Crippen LogP contribution is 2.00. The molecule has 3 nitrogen and oxygen atoms in total. The van der Waals surface area contributed by atoms with Crippen molar-refractivity contribution in [2.45, 2.75) is 26.5 Å². The molecule has 0 aromatic carbocycles. The van der Waals surface area contributed by atoms with Crippen molar-refractivity contribution >= 4 is 0 Å². The highest BCUT2D eigenvalue weighted by molar-refractivity contribution is 4.95. The molecule has 0 saturated carbocycles. The van der Waals surface area contributed by atoms with Crippen molar-refractivity contribution in [1.29, 1.82) is 0 Å². The van der Waals surface area contributed by atoms with Gasteiger partial charge in [-0.2, -0.15) is 0 Å². The van der Waals surface area contributed by atoms with E-state index in [0.29, 0.717) is 12.6 Å². The molecule has 0 unspecified atom stereocenters. The van der Waals surface area contributed by atoms with Gasteiger partial charge in [-0.05, 0) is 12.1 Å². The normalized spacial score (nSPS) is 11.0. The van der Waals surface area contributed by atoms with E-state index in [-0.39, 0.29) is 0 Å². The fourth-order valence-corrected chi connectivity index (χ4v) is 0.987. The molecule has 1 N–H and O–H groups in total. The van der Waals surface area contributed by atoms with E-state index in [9.17, 15) is 0 Å².